The minimum absolute atomic E-state index is 0.00873. The molecule has 1 aliphatic carbocycles. The van der Waals surface area contributed by atoms with Crippen molar-refractivity contribution in [2.75, 3.05) is 5.01 Å². The van der Waals surface area contributed by atoms with Crippen molar-refractivity contribution < 1.29 is 4.79 Å². The average Bonchev–Trinajstić information content (AvgIpc) is 3.36. The molecule has 0 saturated heterocycles. The summed E-state index contributed by atoms with van der Waals surface area (Å²) in [5.74, 6) is 0.0490. The van der Waals surface area contributed by atoms with Crippen LogP contribution in [0.15, 0.2) is 53.6 Å². The van der Waals surface area contributed by atoms with E-state index in [1.165, 1.54) is 5.01 Å². The highest BCUT2D eigenvalue weighted by Gasteiger charge is 2.34. The van der Waals surface area contributed by atoms with E-state index in [0.717, 1.165) is 18.4 Å². The van der Waals surface area contributed by atoms with Gasteiger partial charge in [0.15, 0.2) is 0 Å². The number of rotatable bonds is 4. The van der Waals surface area contributed by atoms with E-state index in [2.05, 4.69) is 5.10 Å². The normalized spacial score (nSPS) is 14.3. The molecular formula is C17H14Cl2N2O. The maximum absolute atomic E-state index is 12.5. The monoisotopic (exact) mass is 332 g/mol. The summed E-state index contributed by atoms with van der Waals surface area (Å²) in [5, 5.41) is 6.62. The molecule has 0 atom stereocenters. The van der Waals surface area contributed by atoms with E-state index in [4.69, 9.17) is 23.2 Å². The smallest absolute Gasteiger partial charge is 0.250 e. The number of halogens is 2. The van der Waals surface area contributed by atoms with Crippen LogP contribution in [0.4, 0.5) is 5.69 Å². The summed E-state index contributed by atoms with van der Waals surface area (Å²) in [5.41, 5.74) is 1.55. The molecule has 112 valence electrons. The molecule has 0 heterocycles. The third kappa shape index (κ3) is 3.49. The van der Waals surface area contributed by atoms with Crippen molar-refractivity contribution in [1.29, 1.82) is 0 Å². The van der Waals surface area contributed by atoms with Gasteiger partial charge in [-0.1, -0.05) is 53.5 Å². The summed E-state index contributed by atoms with van der Waals surface area (Å²) in [6.07, 6.45) is 3.50. The van der Waals surface area contributed by atoms with Crippen molar-refractivity contribution in [2.24, 2.45) is 11.0 Å². The van der Waals surface area contributed by atoms with Crippen molar-refractivity contribution in [2.45, 2.75) is 12.8 Å². The van der Waals surface area contributed by atoms with Crippen LogP contribution in [0.3, 0.4) is 0 Å². The number of amides is 1. The van der Waals surface area contributed by atoms with E-state index < -0.39 is 0 Å². The molecule has 1 aliphatic rings. The van der Waals surface area contributed by atoms with E-state index in [0.29, 0.717) is 15.7 Å². The summed E-state index contributed by atoms with van der Waals surface area (Å²) < 4.78 is 0. The Kier molecular flexibility index (Phi) is 4.46. The summed E-state index contributed by atoms with van der Waals surface area (Å²) >= 11 is 12.0. The molecule has 0 aliphatic heterocycles. The fraction of sp³-hybridized carbons (Fsp3) is 0.176. The Bertz CT molecular complexity index is 712. The van der Waals surface area contributed by atoms with Crippen LogP contribution in [0.25, 0.3) is 0 Å². The number of nitrogens with zero attached hydrogens (tertiary/aromatic N) is 2. The van der Waals surface area contributed by atoms with Gasteiger partial charge in [-0.15, -0.1) is 0 Å². The van der Waals surface area contributed by atoms with Gasteiger partial charge in [-0.3, -0.25) is 4.79 Å². The van der Waals surface area contributed by atoms with Crippen LogP contribution in [0.1, 0.15) is 18.4 Å². The van der Waals surface area contributed by atoms with Crippen molar-refractivity contribution in [3.8, 4) is 0 Å². The Hall–Kier alpha value is -1.84. The van der Waals surface area contributed by atoms with E-state index >= 15 is 0 Å². The van der Waals surface area contributed by atoms with Gasteiger partial charge in [0.1, 0.15) is 0 Å². The Balaban J connectivity index is 1.91. The van der Waals surface area contributed by atoms with E-state index in [9.17, 15) is 4.79 Å². The fourth-order valence-corrected chi connectivity index (χ4v) is 2.33. The van der Waals surface area contributed by atoms with Crippen LogP contribution in [0, 0.1) is 5.92 Å². The number of benzene rings is 2. The lowest BCUT2D eigenvalue weighted by molar-refractivity contribution is -0.119. The molecule has 1 amide bonds. The summed E-state index contributed by atoms with van der Waals surface area (Å²) in [6, 6.07) is 14.7. The molecule has 0 unspecified atom stereocenters. The second-order valence-corrected chi connectivity index (χ2v) is 5.99. The Morgan fingerprint density at radius 2 is 1.82 bits per heavy atom. The maximum Gasteiger partial charge on any atom is 0.250 e. The van der Waals surface area contributed by atoms with Gasteiger partial charge in [-0.2, -0.15) is 5.10 Å². The molecule has 3 rings (SSSR count). The third-order valence-corrected chi connectivity index (χ3v) is 4.14. The molecule has 0 bridgehead atoms. The number of anilines is 1. The second kappa shape index (κ2) is 6.51. The van der Waals surface area contributed by atoms with Crippen molar-refractivity contribution in [3.05, 3.63) is 64.1 Å². The standard InChI is InChI=1S/C17H14Cl2N2O/c18-15-9-8-14(10-16(15)19)21(17(22)13-6-7-13)20-11-12-4-2-1-3-5-12/h1-5,8-11,13H,6-7H2/b20-11+. The van der Waals surface area contributed by atoms with Crippen LogP contribution in [-0.4, -0.2) is 12.1 Å². The highest BCUT2D eigenvalue weighted by Crippen LogP contribution is 2.34. The zero-order valence-electron chi connectivity index (χ0n) is 11.7. The largest absolute Gasteiger partial charge is 0.272 e. The molecule has 0 radical (unpaired) electrons. The molecule has 3 nitrogen and oxygen atoms in total. The van der Waals surface area contributed by atoms with Gasteiger partial charge in [0.25, 0.3) is 5.91 Å². The number of hydrogen-bond acceptors (Lipinski definition) is 2. The van der Waals surface area contributed by atoms with Crippen molar-refractivity contribution in [1.82, 2.24) is 0 Å². The van der Waals surface area contributed by atoms with Crippen LogP contribution >= 0.6 is 23.2 Å². The third-order valence-electron chi connectivity index (χ3n) is 3.40. The maximum atomic E-state index is 12.5. The summed E-state index contributed by atoms with van der Waals surface area (Å²) in [7, 11) is 0. The second-order valence-electron chi connectivity index (χ2n) is 5.18. The van der Waals surface area contributed by atoms with Crippen LogP contribution in [0.5, 0.6) is 0 Å². The van der Waals surface area contributed by atoms with Gasteiger partial charge in [-0.25, -0.2) is 5.01 Å². The van der Waals surface area contributed by atoms with Gasteiger partial charge < -0.3 is 0 Å². The predicted molar refractivity (Wildman–Crippen MR) is 90.7 cm³/mol. The molecular weight excluding hydrogens is 319 g/mol. The topological polar surface area (TPSA) is 32.7 Å². The molecule has 0 N–H and O–H groups in total. The van der Waals surface area contributed by atoms with Crippen molar-refractivity contribution in [3.63, 3.8) is 0 Å². The van der Waals surface area contributed by atoms with Gasteiger partial charge in [-0.05, 0) is 36.6 Å². The number of carbonyl (C=O) groups excluding carboxylic acids is 1. The Morgan fingerprint density at radius 3 is 2.45 bits per heavy atom. The molecule has 5 heteroatoms. The van der Waals surface area contributed by atoms with E-state index in [1.54, 1.807) is 24.4 Å². The highest BCUT2D eigenvalue weighted by atomic mass is 35.5. The number of carbonyl (C=O) groups is 1. The van der Waals surface area contributed by atoms with Gasteiger partial charge in [0.05, 0.1) is 21.9 Å². The van der Waals surface area contributed by atoms with Gasteiger partial charge in [0, 0.05) is 5.92 Å². The predicted octanol–water partition coefficient (Wildman–Crippen LogP) is 4.77. The first-order chi connectivity index (χ1) is 10.6. The number of hydrogen-bond donors (Lipinski definition) is 0. The lowest BCUT2D eigenvalue weighted by atomic mass is 10.2. The van der Waals surface area contributed by atoms with E-state index in [1.807, 2.05) is 30.3 Å². The lowest BCUT2D eigenvalue weighted by Crippen LogP contribution is -2.27. The zero-order valence-corrected chi connectivity index (χ0v) is 13.3. The quantitative estimate of drug-likeness (QED) is 0.586. The highest BCUT2D eigenvalue weighted by molar-refractivity contribution is 6.42. The molecule has 1 saturated carbocycles. The summed E-state index contributed by atoms with van der Waals surface area (Å²) in [4.78, 5) is 12.5. The molecule has 1 fully saturated rings. The van der Waals surface area contributed by atoms with Crippen LogP contribution in [0.2, 0.25) is 10.0 Å². The van der Waals surface area contributed by atoms with E-state index in [-0.39, 0.29) is 11.8 Å². The Morgan fingerprint density at radius 1 is 1.09 bits per heavy atom. The lowest BCUT2D eigenvalue weighted by Gasteiger charge is -2.17. The summed E-state index contributed by atoms with van der Waals surface area (Å²) in [6.45, 7) is 0. The van der Waals surface area contributed by atoms with Crippen LogP contribution in [-0.2, 0) is 4.79 Å². The van der Waals surface area contributed by atoms with Gasteiger partial charge >= 0.3 is 0 Å². The molecule has 2 aromatic carbocycles. The van der Waals surface area contributed by atoms with Crippen molar-refractivity contribution >= 4 is 41.0 Å². The molecule has 22 heavy (non-hydrogen) atoms. The number of hydrazone groups is 1. The molecule has 2 aromatic rings. The molecule has 0 spiro atoms. The molecule has 0 aromatic heterocycles. The average molecular weight is 333 g/mol. The Labute approximate surface area is 139 Å². The SMILES string of the molecule is O=C(C1CC1)N(/N=C/c1ccccc1)c1ccc(Cl)c(Cl)c1. The fourth-order valence-electron chi connectivity index (χ4n) is 2.03. The van der Waals surface area contributed by atoms with Crippen LogP contribution < -0.4 is 5.01 Å². The van der Waals surface area contributed by atoms with Gasteiger partial charge in [0.2, 0.25) is 0 Å². The zero-order chi connectivity index (χ0) is 15.5. The minimum Gasteiger partial charge on any atom is -0.272 e. The first-order valence-corrected chi connectivity index (χ1v) is 7.79. The minimum atomic E-state index is -0.00873. The first kappa shape index (κ1) is 15.1. The first-order valence-electron chi connectivity index (χ1n) is 7.03.